The van der Waals surface area contributed by atoms with E-state index >= 15 is 0 Å². The molecule has 3 heteroatoms. The van der Waals surface area contributed by atoms with Crippen molar-refractivity contribution in [3.63, 3.8) is 0 Å². The van der Waals surface area contributed by atoms with Crippen LogP contribution in [0.25, 0.3) is 0 Å². The average Bonchev–Trinajstić information content (AvgIpc) is 2.73. The molecule has 0 amide bonds. The molecule has 2 unspecified atom stereocenters. The number of nitrogens with zero attached hydrogens (tertiary/aromatic N) is 1. The minimum absolute atomic E-state index is 0.647. The highest BCUT2D eigenvalue weighted by atomic mass is 16.3. The SMILES string of the molecule is CC1CCN(Cc2ccco2)CC1CN. The van der Waals surface area contributed by atoms with Gasteiger partial charge in [0.1, 0.15) is 5.76 Å². The van der Waals surface area contributed by atoms with E-state index in [0.29, 0.717) is 5.92 Å². The van der Waals surface area contributed by atoms with Crippen LogP contribution in [0.15, 0.2) is 22.8 Å². The fourth-order valence-electron chi connectivity index (χ4n) is 2.30. The third-order valence-electron chi connectivity index (χ3n) is 3.46. The molecule has 1 aromatic heterocycles. The van der Waals surface area contributed by atoms with E-state index in [2.05, 4.69) is 11.8 Å². The number of hydrogen-bond acceptors (Lipinski definition) is 3. The zero-order valence-corrected chi connectivity index (χ0v) is 9.36. The first-order chi connectivity index (χ1) is 7.29. The zero-order chi connectivity index (χ0) is 10.7. The van der Waals surface area contributed by atoms with E-state index in [1.807, 2.05) is 12.1 Å². The molecule has 2 rings (SSSR count). The van der Waals surface area contributed by atoms with Crippen LogP contribution < -0.4 is 5.73 Å². The van der Waals surface area contributed by atoms with Crippen molar-refractivity contribution < 1.29 is 4.42 Å². The van der Waals surface area contributed by atoms with Gasteiger partial charge in [0.25, 0.3) is 0 Å². The molecule has 2 N–H and O–H groups in total. The topological polar surface area (TPSA) is 42.4 Å². The van der Waals surface area contributed by atoms with E-state index in [4.69, 9.17) is 10.2 Å². The molecule has 1 fully saturated rings. The third-order valence-corrected chi connectivity index (χ3v) is 3.46. The summed E-state index contributed by atoms with van der Waals surface area (Å²) in [4.78, 5) is 2.44. The van der Waals surface area contributed by atoms with Crippen molar-refractivity contribution in [2.24, 2.45) is 17.6 Å². The Kier molecular flexibility index (Phi) is 3.44. The van der Waals surface area contributed by atoms with Gasteiger partial charge >= 0.3 is 0 Å². The molecule has 84 valence electrons. The molecule has 1 aliphatic rings. The van der Waals surface area contributed by atoms with E-state index in [1.165, 1.54) is 13.0 Å². The lowest BCUT2D eigenvalue weighted by molar-refractivity contribution is 0.119. The number of likely N-dealkylation sites (tertiary alicyclic amines) is 1. The predicted octanol–water partition coefficient (Wildman–Crippen LogP) is 1.70. The number of furan rings is 1. The van der Waals surface area contributed by atoms with E-state index < -0.39 is 0 Å². The number of rotatable bonds is 3. The highest BCUT2D eigenvalue weighted by Gasteiger charge is 2.25. The Morgan fingerprint density at radius 3 is 3.13 bits per heavy atom. The fraction of sp³-hybridized carbons (Fsp3) is 0.667. The molecular formula is C12H20N2O. The highest BCUT2D eigenvalue weighted by Crippen LogP contribution is 2.23. The summed E-state index contributed by atoms with van der Waals surface area (Å²) in [6.07, 6.45) is 2.99. The summed E-state index contributed by atoms with van der Waals surface area (Å²) in [6.45, 7) is 6.31. The van der Waals surface area contributed by atoms with Gasteiger partial charge in [-0.05, 0) is 43.5 Å². The molecule has 0 aromatic carbocycles. The Labute approximate surface area is 91.2 Å². The second-order valence-corrected chi connectivity index (χ2v) is 4.58. The van der Waals surface area contributed by atoms with Crippen molar-refractivity contribution in [1.29, 1.82) is 0 Å². The van der Waals surface area contributed by atoms with Gasteiger partial charge < -0.3 is 10.2 Å². The van der Waals surface area contributed by atoms with Crippen molar-refractivity contribution in [1.82, 2.24) is 4.90 Å². The fourth-order valence-corrected chi connectivity index (χ4v) is 2.30. The van der Waals surface area contributed by atoms with Gasteiger partial charge in [0.15, 0.2) is 0 Å². The van der Waals surface area contributed by atoms with Crippen LogP contribution in [0.5, 0.6) is 0 Å². The van der Waals surface area contributed by atoms with Gasteiger partial charge in [-0.15, -0.1) is 0 Å². The number of hydrogen-bond donors (Lipinski definition) is 1. The largest absolute Gasteiger partial charge is 0.468 e. The normalized spacial score (nSPS) is 28.1. The second-order valence-electron chi connectivity index (χ2n) is 4.58. The molecule has 0 spiro atoms. The van der Waals surface area contributed by atoms with Gasteiger partial charge in [0.05, 0.1) is 12.8 Å². The standard InChI is InChI=1S/C12H20N2O/c1-10-4-5-14(8-11(10)7-13)9-12-3-2-6-15-12/h2-3,6,10-11H,4-5,7-9,13H2,1H3. The summed E-state index contributed by atoms with van der Waals surface area (Å²) in [6, 6.07) is 3.98. The second kappa shape index (κ2) is 4.81. The van der Waals surface area contributed by atoms with E-state index in [9.17, 15) is 0 Å². The number of nitrogens with two attached hydrogens (primary N) is 1. The first-order valence-electron chi connectivity index (χ1n) is 5.74. The summed E-state index contributed by atoms with van der Waals surface area (Å²) >= 11 is 0. The molecule has 1 saturated heterocycles. The lowest BCUT2D eigenvalue weighted by atomic mass is 9.87. The van der Waals surface area contributed by atoms with Crippen LogP contribution in [-0.2, 0) is 6.54 Å². The molecule has 3 nitrogen and oxygen atoms in total. The third kappa shape index (κ3) is 2.61. The summed E-state index contributed by atoms with van der Waals surface area (Å²) in [5.41, 5.74) is 5.78. The van der Waals surface area contributed by atoms with E-state index in [0.717, 1.165) is 31.3 Å². The van der Waals surface area contributed by atoms with Crippen molar-refractivity contribution in [3.8, 4) is 0 Å². The minimum Gasteiger partial charge on any atom is -0.468 e. The maximum atomic E-state index is 5.78. The molecule has 2 atom stereocenters. The van der Waals surface area contributed by atoms with Gasteiger partial charge in [0.2, 0.25) is 0 Å². The Hall–Kier alpha value is -0.800. The Morgan fingerprint density at radius 1 is 1.60 bits per heavy atom. The van der Waals surface area contributed by atoms with Crippen LogP contribution in [0, 0.1) is 11.8 Å². The van der Waals surface area contributed by atoms with Crippen molar-refractivity contribution >= 4 is 0 Å². The van der Waals surface area contributed by atoms with Crippen LogP contribution in [0.4, 0.5) is 0 Å². The van der Waals surface area contributed by atoms with Crippen molar-refractivity contribution in [2.75, 3.05) is 19.6 Å². The predicted molar refractivity (Wildman–Crippen MR) is 60.3 cm³/mol. The quantitative estimate of drug-likeness (QED) is 0.822. The van der Waals surface area contributed by atoms with Crippen LogP contribution >= 0.6 is 0 Å². The first kappa shape index (κ1) is 10.7. The zero-order valence-electron chi connectivity index (χ0n) is 9.36. The number of piperidine rings is 1. The first-order valence-corrected chi connectivity index (χ1v) is 5.74. The van der Waals surface area contributed by atoms with E-state index in [1.54, 1.807) is 6.26 Å². The minimum atomic E-state index is 0.647. The highest BCUT2D eigenvalue weighted by molar-refractivity contribution is 4.98. The van der Waals surface area contributed by atoms with Crippen LogP contribution in [0.2, 0.25) is 0 Å². The van der Waals surface area contributed by atoms with E-state index in [-0.39, 0.29) is 0 Å². The van der Waals surface area contributed by atoms with Crippen molar-refractivity contribution in [2.45, 2.75) is 19.9 Å². The van der Waals surface area contributed by atoms with Gasteiger partial charge in [-0.3, -0.25) is 4.90 Å². The Morgan fingerprint density at radius 2 is 2.47 bits per heavy atom. The summed E-state index contributed by atoms with van der Waals surface area (Å²) in [5.74, 6) is 2.47. The monoisotopic (exact) mass is 208 g/mol. The average molecular weight is 208 g/mol. The molecule has 15 heavy (non-hydrogen) atoms. The molecule has 0 saturated carbocycles. The van der Waals surface area contributed by atoms with Crippen LogP contribution in [0.3, 0.4) is 0 Å². The lowest BCUT2D eigenvalue weighted by Gasteiger charge is -2.36. The smallest absolute Gasteiger partial charge is 0.117 e. The maximum absolute atomic E-state index is 5.78. The maximum Gasteiger partial charge on any atom is 0.117 e. The van der Waals surface area contributed by atoms with Gasteiger partial charge in [0, 0.05) is 6.54 Å². The molecule has 1 aliphatic heterocycles. The van der Waals surface area contributed by atoms with Gasteiger partial charge in [-0.2, -0.15) is 0 Å². The molecule has 0 bridgehead atoms. The molecule has 0 radical (unpaired) electrons. The lowest BCUT2D eigenvalue weighted by Crippen LogP contribution is -2.42. The molecule has 1 aromatic rings. The summed E-state index contributed by atoms with van der Waals surface area (Å²) in [7, 11) is 0. The van der Waals surface area contributed by atoms with Crippen LogP contribution in [0.1, 0.15) is 19.1 Å². The van der Waals surface area contributed by atoms with Gasteiger partial charge in [-0.25, -0.2) is 0 Å². The Balaban J connectivity index is 1.89. The molecule has 2 heterocycles. The van der Waals surface area contributed by atoms with Crippen molar-refractivity contribution in [3.05, 3.63) is 24.2 Å². The van der Waals surface area contributed by atoms with Gasteiger partial charge in [-0.1, -0.05) is 6.92 Å². The Bertz CT molecular complexity index is 284. The summed E-state index contributed by atoms with van der Waals surface area (Å²) < 4.78 is 5.36. The molecular weight excluding hydrogens is 188 g/mol. The summed E-state index contributed by atoms with van der Waals surface area (Å²) in [5, 5.41) is 0. The molecule has 0 aliphatic carbocycles. The van der Waals surface area contributed by atoms with Crippen LogP contribution in [-0.4, -0.2) is 24.5 Å².